The molecule has 5 heteroatoms. The van der Waals surface area contributed by atoms with E-state index < -0.39 is 0 Å². The minimum Gasteiger partial charge on any atom is -0.501 e. The number of nitrogens with one attached hydrogen (secondary N) is 2. The predicted octanol–water partition coefficient (Wildman–Crippen LogP) is 2.13. The Morgan fingerprint density at radius 1 is 1.17 bits per heavy atom. The lowest BCUT2D eigenvalue weighted by Crippen LogP contribution is -2.10. The Hall–Kier alpha value is -2.30. The Labute approximate surface area is 106 Å². The number of rotatable bonds is 4. The summed E-state index contributed by atoms with van der Waals surface area (Å²) in [7, 11) is 1.50. The van der Waals surface area contributed by atoms with E-state index in [4.69, 9.17) is 4.74 Å². The molecule has 0 unspecified atom stereocenters. The fourth-order valence-corrected chi connectivity index (χ4v) is 1.30. The van der Waals surface area contributed by atoms with Crippen molar-refractivity contribution in [3.8, 4) is 0 Å². The molecule has 96 valence electrons. The van der Waals surface area contributed by atoms with Crippen molar-refractivity contribution in [3.63, 3.8) is 0 Å². The molecule has 0 heterocycles. The van der Waals surface area contributed by atoms with Gasteiger partial charge in [-0.05, 0) is 25.1 Å². The monoisotopic (exact) mass is 248 g/mol. The molecule has 0 aliphatic carbocycles. The van der Waals surface area contributed by atoms with Crippen LogP contribution in [0.15, 0.2) is 36.1 Å². The first-order valence-electron chi connectivity index (χ1n) is 5.42. The van der Waals surface area contributed by atoms with Gasteiger partial charge in [-0.1, -0.05) is 6.07 Å². The lowest BCUT2D eigenvalue weighted by molar-refractivity contribution is -0.114. The number of ether oxygens (including phenoxy) is 1. The van der Waals surface area contributed by atoms with Crippen LogP contribution in [0.2, 0.25) is 0 Å². The molecule has 0 fully saturated rings. The third kappa shape index (κ3) is 4.69. The van der Waals surface area contributed by atoms with Crippen LogP contribution in [0.1, 0.15) is 13.8 Å². The van der Waals surface area contributed by atoms with E-state index in [1.54, 1.807) is 31.2 Å². The molecule has 0 atom stereocenters. The Bertz CT molecular complexity index is 481. The lowest BCUT2D eigenvalue weighted by Gasteiger charge is -2.06. The van der Waals surface area contributed by atoms with Gasteiger partial charge in [0, 0.05) is 24.4 Å². The van der Waals surface area contributed by atoms with Crippen LogP contribution in [-0.2, 0) is 14.3 Å². The first kappa shape index (κ1) is 13.8. The van der Waals surface area contributed by atoms with Gasteiger partial charge in [0.2, 0.25) is 5.91 Å². The molecule has 0 saturated carbocycles. The van der Waals surface area contributed by atoms with Crippen molar-refractivity contribution in [2.45, 2.75) is 13.8 Å². The number of carbonyl (C=O) groups is 2. The molecule has 0 saturated heterocycles. The van der Waals surface area contributed by atoms with Crippen molar-refractivity contribution >= 4 is 23.2 Å². The number of hydrogen-bond acceptors (Lipinski definition) is 3. The Morgan fingerprint density at radius 2 is 1.78 bits per heavy atom. The summed E-state index contributed by atoms with van der Waals surface area (Å²) in [5, 5.41) is 5.31. The Kier molecular flexibility index (Phi) is 4.92. The van der Waals surface area contributed by atoms with Crippen LogP contribution in [0.5, 0.6) is 0 Å². The van der Waals surface area contributed by atoms with Gasteiger partial charge in [-0.25, -0.2) is 0 Å². The molecule has 2 N–H and O–H groups in total. The first-order valence-corrected chi connectivity index (χ1v) is 5.42. The number of carbonyl (C=O) groups excluding carboxylic acids is 2. The summed E-state index contributed by atoms with van der Waals surface area (Å²) in [5.41, 5.74) is 1.24. The summed E-state index contributed by atoms with van der Waals surface area (Å²) in [6.45, 7) is 3.11. The van der Waals surface area contributed by atoms with Crippen LogP contribution in [0.4, 0.5) is 11.4 Å². The maximum atomic E-state index is 11.6. The molecule has 0 aromatic heterocycles. The molecular formula is C13H16N2O3. The van der Waals surface area contributed by atoms with Crippen molar-refractivity contribution in [3.05, 3.63) is 36.1 Å². The van der Waals surface area contributed by atoms with Crippen molar-refractivity contribution in [2.24, 2.45) is 0 Å². The van der Waals surface area contributed by atoms with Crippen molar-refractivity contribution in [1.29, 1.82) is 0 Å². The minimum absolute atomic E-state index is 0.159. The molecule has 0 spiro atoms. The lowest BCUT2D eigenvalue weighted by atomic mass is 10.2. The maximum absolute atomic E-state index is 11.6. The third-order valence-electron chi connectivity index (χ3n) is 2.11. The summed E-state index contributed by atoms with van der Waals surface area (Å²) < 4.78 is 4.88. The number of methoxy groups -OCH3 is 1. The predicted molar refractivity (Wildman–Crippen MR) is 70.1 cm³/mol. The third-order valence-corrected chi connectivity index (χ3v) is 2.11. The van der Waals surface area contributed by atoms with E-state index >= 15 is 0 Å². The van der Waals surface area contributed by atoms with Crippen LogP contribution in [0.25, 0.3) is 0 Å². The van der Waals surface area contributed by atoms with Gasteiger partial charge in [0.25, 0.3) is 5.91 Å². The zero-order valence-electron chi connectivity index (χ0n) is 10.6. The number of amides is 2. The van der Waals surface area contributed by atoms with Gasteiger partial charge in [-0.2, -0.15) is 0 Å². The molecule has 1 aromatic rings. The number of anilines is 2. The standard InChI is InChI=1S/C13H16N2O3/c1-9(18-3)7-13(17)15-12-6-4-5-11(8-12)14-10(2)16/h4-8H,1-3H3,(H,14,16)(H,15,17). The van der Waals surface area contributed by atoms with Gasteiger partial charge in [-0.3, -0.25) is 9.59 Å². The number of hydrogen-bond donors (Lipinski definition) is 2. The highest BCUT2D eigenvalue weighted by Gasteiger charge is 2.01. The van der Waals surface area contributed by atoms with Gasteiger partial charge in [0.1, 0.15) is 0 Å². The van der Waals surface area contributed by atoms with E-state index in [1.165, 1.54) is 20.1 Å². The summed E-state index contributed by atoms with van der Waals surface area (Å²) in [6.07, 6.45) is 1.35. The molecule has 1 rings (SSSR count). The van der Waals surface area contributed by atoms with Crippen LogP contribution < -0.4 is 10.6 Å². The van der Waals surface area contributed by atoms with Crippen molar-refractivity contribution in [1.82, 2.24) is 0 Å². The summed E-state index contributed by atoms with van der Waals surface area (Å²) in [6, 6.07) is 6.90. The topological polar surface area (TPSA) is 67.4 Å². The highest BCUT2D eigenvalue weighted by molar-refractivity contribution is 6.00. The molecule has 18 heavy (non-hydrogen) atoms. The average Bonchev–Trinajstić information content (AvgIpc) is 2.28. The first-order chi connectivity index (χ1) is 8.51. The summed E-state index contributed by atoms with van der Waals surface area (Å²) >= 11 is 0. The van der Waals surface area contributed by atoms with E-state index in [-0.39, 0.29) is 11.8 Å². The van der Waals surface area contributed by atoms with E-state index in [9.17, 15) is 9.59 Å². The van der Waals surface area contributed by atoms with Gasteiger partial charge in [-0.15, -0.1) is 0 Å². The highest BCUT2D eigenvalue weighted by atomic mass is 16.5. The summed E-state index contributed by atoms with van der Waals surface area (Å²) in [4.78, 5) is 22.5. The van der Waals surface area contributed by atoms with Crippen LogP contribution in [0.3, 0.4) is 0 Å². The second kappa shape index (κ2) is 6.44. The molecule has 0 aliphatic rings. The second-order valence-electron chi connectivity index (χ2n) is 3.71. The minimum atomic E-state index is -0.283. The molecular weight excluding hydrogens is 232 g/mol. The van der Waals surface area contributed by atoms with Crippen LogP contribution >= 0.6 is 0 Å². The van der Waals surface area contributed by atoms with Gasteiger partial charge in [0.05, 0.1) is 12.9 Å². The SMILES string of the molecule is COC(C)=CC(=O)Nc1cccc(NC(C)=O)c1. The van der Waals surface area contributed by atoms with E-state index in [2.05, 4.69) is 10.6 Å². The molecule has 0 aliphatic heterocycles. The van der Waals surface area contributed by atoms with Crippen LogP contribution in [0, 0.1) is 0 Å². The van der Waals surface area contributed by atoms with Gasteiger partial charge >= 0.3 is 0 Å². The second-order valence-corrected chi connectivity index (χ2v) is 3.71. The maximum Gasteiger partial charge on any atom is 0.251 e. The largest absolute Gasteiger partial charge is 0.501 e. The van der Waals surface area contributed by atoms with Crippen LogP contribution in [-0.4, -0.2) is 18.9 Å². The van der Waals surface area contributed by atoms with Crippen molar-refractivity contribution in [2.75, 3.05) is 17.7 Å². The van der Waals surface area contributed by atoms with E-state index in [0.717, 1.165) is 0 Å². The quantitative estimate of drug-likeness (QED) is 0.633. The summed E-state index contributed by atoms with van der Waals surface area (Å²) in [5.74, 6) is 0.0773. The molecule has 0 bridgehead atoms. The molecule has 1 aromatic carbocycles. The van der Waals surface area contributed by atoms with Crippen molar-refractivity contribution < 1.29 is 14.3 Å². The van der Waals surface area contributed by atoms with Gasteiger partial charge in [0.15, 0.2) is 0 Å². The Morgan fingerprint density at radius 3 is 2.33 bits per heavy atom. The van der Waals surface area contributed by atoms with Gasteiger partial charge < -0.3 is 15.4 Å². The van der Waals surface area contributed by atoms with E-state index in [0.29, 0.717) is 17.1 Å². The number of allylic oxidation sites excluding steroid dienone is 1. The fourth-order valence-electron chi connectivity index (χ4n) is 1.30. The zero-order chi connectivity index (χ0) is 13.5. The molecule has 0 radical (unpaired) electrons. The average molecular weight is 248 g/mol. The normalized spacial score (nSPS) is 10.7. The highest BCUT2D eigenvalue weighted by Crippen LogP contribution is 2.15. The fraction of sp³-hybridized carbons (Fsp3) is 0.231. The smallest absolute Gasteiger partial charge is 0.251 e. The van der Waals surface area contributed by atoms with E-state index in [1.807, 2.05) is 0 Å². The Balaban J connectivity index is 2.73. The number of benzene rings is 1. The zero-order valence-corrected chi connectivity index (χ0v) is 10.6. The molecule has 5 nitrogen and oxygen atoms in total. The molecule has 2 amide bonds.